The Bertz CT molecular complexity index is 440. The molecular weight excluding hydrogens is 218 g/mol. The molecule has 1 atom stereocenters. The Morgan fingerprint density at radius 3 is 2.71 bits per heavy atom. The van der Waals surface area contributed by atoms with Crippen molar-refractivity contribution >= 4 is 11.8 Å². The minimum absolute atomic E-state index is 0.343. The Balaban J connectivity index is 2.05. The van der Waals surface area contributed by atoms with Gasteiger partial charge in [-0.2, -0.15) is 0 Å². The molecule has 2 rings (SSSR count). The van der Waals surface area contributed by atoms with Crippen LogP contribution in [0.3, 0.4) is 0 Å². The Kier molecular flexibility index (Phi) is 3.39. The molecule has 0 saturated carbocycles. The molecule has 1 aliphatic rings. The van der Waals surface area contributed by atoms with E-state index in [-0.39, 0.29) is 0 Å². The van der Waals surface area contributed by atoms with Gasteiger partial charge in [0.15, 0.2) is 0 Å². The Morgan fingerprint density at radius 2 is 2.18 bits per heavy atom. The average Bonchev–Trinajstić information content (AvgIpc) is 2.83. The molecule has 1 aromatic carbocycles. The molecule has 5 heteroatoms. The summed E-state index contributed by atoms with van der Waals surface area (Å²) in [5.74, 6) is -0.0741. The van der Waals surface area contributed by atoms with Gasteiger partial charge in [0.2, 0.25) is 0 Å². The number of hydrogen-bond acceptors (Lipinski definition) is 4. The van der Waals surface area contributed by atoms with Gasteiger partial charge in [-0.25, -0.2) is 0 Å². The first-order valence-electron chi connectivity index (χ1n) is 5.53. The number of carboxylic acid groups (broad SMARTS) is 1. The Labute approximate surface area is 99.4 Å². The van der Waals surface area contributed by atoms with Crippen molar-refractivity contribution in [1.82, 2.24) is 5.32 Å². The van der Waals surface area contributed by atoms with E-state index in [9.17, 15) is 4.79 Å². The van der Waals surface area contributed by atoms with Gasteiger partial charge in [-0.15, -0.1) is 0 Å². The number of nitrogens with two attached hydrogens (primary N) is 1. The van der Waals surface area contributed by atoms with E-state index in [0.717, 1.165) is 30.1 Å². The SMILES string of the molecule is NC(Cc1ccc(C2=NCCN2)cc1)C(=O)O. The third-order valence-electron chi connectivity index (χ3n) is 2.67. The normalized spacial score (nSPS) is 16.2. The first-order chi connectivity index (χ1) is 8.16. The van der Waals surface area contributed by atoms with Gasteiger partial charge in [0, 0.05) is 12.1 Å². The van der Waals surface area contributed by atoms with Crippen LogP contribution in [-0.2, 0) is 11.2 Å². The number of carboxylic acids is 1. The van der Waals surface area contributed by atoms with Crippen LogP contribution in [-0.4, -0.2) is 36.0 Å². The molecule has 0 aliphatic carbocycles. The van der Waals surface area contributed by atoms with Crippen LogP contribution in [0.15, 0.2) is 29.3 Å². The van der Waals surface area contributed by atoms with Gasteiger partial charge in [0.25, 0.3) is 0 Å². The summed E-state index contributed by atoms with van der Waals surface area (Å²) in [4.78, 5) is 14.9. The van der Waals surface area contributed by atoms with E-state index in [1.54, 1.807) is 0 Å². The molecule has 0 saturated heterocycles. The average molecular weight is 233 g/mol. The van der Waals surface area contributed by atoms with E-state index in [1.807, 2.05) is 24.3 Å². The fourth-order valence-electron chi connectivity index (χ4n) is 1.73. The number of carbonyl (C=O) groups is 1. The zero-order valence-corrected chi connectivity index (χ0v) is 9.39. The van der Waals surface area contributed by atoms with Crippen LogP contribution in [0, 0.1) is 0 Å². The first kappa shape index (κ1) is 11.6. The minimum atomic E-state index is -0.976. The van der Waals surface area contributed by atoms with Crippen LogP contribution >= 0.6 is 0 Å². The number of rotatable bonds is 4. The zero-order valence-electron chi connectivity index (χ0n) is 9.39. The molecule has 4 N–H and O–H groups in total. The maximum atomic E-state index is 10.6. The third-order valence-corrected chi connectivity index (χ3v) is 2.67. The highest BCUT2D eigenvalue weighted by molar-refractivity contribution is 5.99. The van der Waals surface area contributed by atoms with Crippen molar-refractivity contribution < 1.29 is 9.90 Å². The van der Waals surface area contributed by atoms with Crippen molar-refractivity contribution in [3.63, 3.8) is 0 Å². The van der Waals surface area contributed by atoms with Gasteiger partial charge in [-0.05, 0) is 12.0 Å². The van der Waals surface area contributed by atoms with Crippen LogP contribution < -0.4 is 11.1 Å². The van der Waals surface area contributed by atoms with Crippen molar-refractivity contribution in [2.45, 2.75) is 12.5 Å². The molecule has 5 nitrogen and oxygen atoms in total. The minimum Gasteiger partial charge on any atom is -0.480 e. The van der Waals surface area contributed by atoms with E-state index >= 15 is 0 Å². The Hall–Kier alpha value is -1.88. The van der Waals surface area contributed by atoms with E-state index in [2.05, 4.69) is 10.3 Å². The molecule has 0 spiro atoms. The van der Waals surface area contributed by atoms with E-state index in [1.165, 1.54) is 0 Å². The molecular formula is C12H15N3O2. The van der Waals surface area contributed by atoms with Crippen molar-refractivity contribution in [3.05, 3.63) is 35.4 Å². The first-order valence-corrected chi connectivity index (χ1v) is 5.53. The van der Waals surface area contributed by atoms with Crippen LogP contribution in [0.4, 0.5) is 0 Å². The highest BCUT2D eigenvalue weighted by atomic mass is 16.4. The largest absolute Gasteiger partial charge is 0.480 e. The molecule has 1 heterocycles. The Morgan fingerprint density at radius 1 is 1.47 bits per heavy atom. The zero-order chi connectivity index (χ0) is 12.3. The van der Waals surface area contributed by atoms with Gasteiger partial charge in [-0.3, -0.25) is 9.79 Å². The summed E-state index contributed by atoms with van der Waals surface area (Å²) in [5.41, 5.74) is 7.42. The predicted molar refractivity (Wildman–Crippen MR) is 65.2 cm³/mol. The molecule has 90 valence electrons. The molecule has 1 aromatic rings. The lowest BCUT2D eigenvalue weighted by molar-refractivity contribution is -0.138. The lowest BCUT2D eigenvalue weighted by Gasteiger charge is -2.07. The monoisotopic (exact) mass is 233 g/mol. The topological polar surface area (TPSA) is 87.7 Å². The van der Waals surface area contributed by atoms with Crippen LogP contribution in [0.25, 0.3) is 0 Å². The van der Waals surface area contributed by atoms with E-state index in [4.69, 9.17) is 10.8 Å². The molecule has 0 fully saturated rings. The lowest BCUT2D eigenvalue weighted by atomic mass is 10.0. The maximum Gasteiger partial charge on any atom is 0.320 e. The van der Waals surface area contributed by atoms with Gasteiger partial charge >= 0.3 is 5.97 Å². The second kappa shape index (κ2) is 4.97. The summed E-state index contributed by atoms with van der Waals surface area (Å²) >= 11 is 0. The van der Waals surface area contributed by atoms with Gasteiger partial charge in [0.05, 0.1) is 6.54 Å². The summed E-state index contributed by atoms with van der Waals surface area (Å²) in [6.45, 7) is 1.68. The summed E-state index contributed by atoms with van der Waals surface area (Å²) < 4.78 is 0. The number of nitrogens with zero attached hydrogens (tertiary/aromatic N) is 1. The second-order valence-corrected chi connectivity index (χ2v) is 4.00. The number of hydrogen-bond donors (Lipinski definition) is 3. The van der Waals surface area contributed by atoms with Gasteiger partial charge in [0.1, 0.15) is 11.9 Å². The molecule has 0 bridgehead atoms. The second-order valence-electron chi connectivity index (χ2n) is 4.00. The standard InChI is InChI=1S/C12H15N3O2/c13-10(12(16)17)7-8-1-3-9(4-2-8)11-14-5-6-15-11/h1-4,10H,5-7,13H2,(H,14,15)(H,16,17). The van der Waals surface area contributed by atoms with Crippen molar-refractivity contribution in [2.24, 2.45) is 10.7 Å². The highest BCUT2D eigenvalue weighted by Crippen LogP contribution is 2.08. The third kappa shape index (κ3) is 2.82. The van der Waals surface area contributed by atoms with Crippen LogP contribution in [0.2, 0.25) is 0 Å². The number of nitrogens with one attached hydrogen (secondary N) is 1. The van der Waals surface area contributed by atoms with E-state index in [0.29, 0.717) is 6.42 Å². The van der Waals surface area contributed by atoms with Gasteiger partial charge in [-0.1, -0.05) is 24.3 Å². The number of aliphatic carboxylic acids is 1. The summed E-state index contributed by atoms with van der Waals surface area (Å²) in [6.07, 6.45) is 0.343. The molecule has 0 aromatic heterocycles. The summed E-state index contributed by atoms with van der Waals surface area (Å²) in [6, 6.07) is 6.80. The smallest absolute Gasteiger partial charge is 0.320 e. The molecule has 0 amide bonds. The fourth-order valence-corrected chi connectivity index (χ4v) is 1.73. The van der Waals surface area contributed by atoms with Crippen molar-refractivity contribution in [1.29, 1.82) is 0 Å². The van der Waals surface area contributed by atoms with Crippen LogP contribution in [0.5, 0.6) is 0 Å². The molecule has 1 unspecified atom stereocenters. The molecule has 0 radical (unpaired) electrons. The number of amidine groups is 1. The van der Waals surface area contributed by atoms with Crippen molar-refractivity contribution in [2.75, 3.05) is 13.1 Å². The number of aliphatic imine (C=N–C) groups is 1. The lowest BCUT2D eigenvalue weighted by Crippen LogP contribution is -2.32. The highest BCUT2D eigenvalue weighted by Gasteiger charge is 2.12. The van der Waals surface area contributed by atoms with Crippen LogP contribution in [0.1, 0.15) is 11.1 Å². The maximum absolute atomic E-state index is 10.6. The van der Waals surface area contributed by atoms with Gasteiger partial charge < -0.3 is 16.2 Å². The molecule has 1 aliphatic heterocycles. The quantitative estimate of drug-likeness (QED) is 0.682. The van der Waals surface area contributed by atoms with Crippen molar-refractivity contribution in [3.8, 4) is 0 Å². The predicted octanol–water partition coefficient (Wildman–Crippen LogP) is -0.00920. The fraction of sp³-hybridized carbons (Fsp3) is 0.333. The number of benzene rings is 1. The summed E-state index contributed by atoms with van der Waals surface area (Å²) in [7, 11) is 0. The van der Waals surface area contributed by atoms with E-state index < -0.39 is 12.0 Å². The molecule has 17 heavy (non-hydrogen) atoms. The summed E-state index contributed by atoms with van der Waals surface area (Å²) in [5, 5.41) is 11.9.